The van der Waals surface area contributed by atoms with E-state index in [1.165, 1.54) is 0 Å². The maximum atomic E-state index is 9.30. The molecule has 0 saturated heterocycles. The van der Waals surface area contributed by atoms with Crippen LogP contribution in [0.25, 0.3) is 11.4 Å². The molecule has 0 spiro atoms. The molecule has 0 amide bonds. The van der Waals surface area contributed by atoms with E-state index >= 15 is 0 Å². The lowest BCUT2D eigenvalue weighted by molar-refractivity contribution is 0.186. The van der Waals surface area contributed by atoms with Gasteiger partial charge < -0.3 is 5.21 Å². The maximum absolute atomic E-state index is 9.30. The van der Waals surface area contributed by atoms with E-state index in [2.05, 4.69) is 4.98 Å². The Balaban J connectivity index is 2.79. The van der Waals surface area contributed by atoms with Crippen LogP contribution in [-0.4, -0.2) is 14.9 Å². The van der Waals surface area contributed by atoms with E-state index in [1.54, 1.807) is 12.4 Å². The van der Waals surface area contributed by atoms with Crippen LogP contribution in [0.15, 0.2) is 24.5 Å². The van der Waals surface area contributed by atoms with Gasteiger partial charge in [0.05, 0.1) is 0 Å². The first kappa shape index (κ1) is 6.22. The molecule has 0 aromatic heterocycles. The summed E-state index contributed by atoms with van der Waals surface area (Å²) in [6.07, 6.45) is 3.31. The van der Waals surface area contributed by atoms with Gasteiger partial charge in [-0.25, -0.2) is 4.98 Å². The number of nitrogens with zero attached hydrogens (tertiary/aromatic N) is 2. The molecule has 2 heterocycles. The number of hydrogen-bond acceptors (Lipinski definition) is 2. The van der Waals surface area contributed by atoms with E-state index in [9.17, 15) is 5.21 Å². The molecule has 3 heteroatoms. The van der Waals surface area contributed by atoms with Crippen molar-refractivity contribution < 1.29 is 5.21 Å². The molecule has 0 unspecified atom stereocenters. The molecule has 56 valence electrons. The molecule has 0 atom stereocenters. The van der Waals surface area contributed by atoms with Crippen molar-refractivity contribution >= 4 is 0 Å². The molecule has 0 aromatic rings. The highest BCUT2D eigenvalue weighted by Crippen LogP contribution is 2.19. The Kier molecular flexibility index (Phi) is 1.12. The van der Waals surface area contributed by atoms with Gasteiger partial charge in [0.25, 0.3) is 0 Å². The molecule has 0 aromatic carbocycles. The predicted molar refractivity (Wildman–Crippen MR) is 40.8 cm³/mol. The van der Waals surface area contributed by atoms with Crippen LogP contribution in [0.3, 0.4) is 0 Å². The molecular weight excluding hydrogens is 140 g/mol. The normalized spacial score (nSPS) is 10.6. The Morgan fingerprint density at radius 1 is 1.55 bits per heavy atom. The first-order chi connectivity index (χ1) is 5.27. The number of rotatable bonds is 0. The summed E-state index contributed by atoms with van der Waals surface area (Å²) in [7, 11) is 0. The van der Waals surface area contributed by atoms with Crippen LogP contribution in [0.2, 0.25) is 0 Å². The van der Waals surface area contributed by atoms with Gasteiger partial charge in [0.2, 0.25) is 0 Å². The van der Waals surface area contributed by atoms with Crippen LogP contribution in [0.5, 0.6) is 0 Å². The molecule has 0 fully saturated rings. The van der Waals surface area contributed by atoms with Crippen molar-refractivity contribution in [1.29, 1.82) is 0 Å². The average molecular weight is 148 g/mol. The van der Waals surface area contributed by atoms with Gasteiger partial charge in [-0.2, -0.15) is 4.73 Å². The predicted octanol–water partition coefficient (Wildman–Crippen LogP) is 1.53. The zero-order valence-electron chi connectivity index (χ0n) is 6.15. The summed E-state index contributed by atoms with van der Waals surface area (Å²) < 4.78 is 1.05. The topological polar surface area (TPSA) is 38.0 Å². The minimum Gasteiger partial charge on any atom is -0.427 e. The van der Waals surface area contributed by atoms with Crippen molar-refractivity contribution in [1.82, 2.24) is 9.71 Å². The minimum absolute atomic E-state index is 0.607. The standard InChI is InChI=1S/C8H8N2O/c1-6-4-7-2-3-9-8(7)10(11)5-6/h2-5,11H,1H3. The van der Waals surface area contributed by atoms with E-state index in [4.69, 9.17) is 0 Å². The van der Waals surface area contributed by atoms with E-state index in [-0.39, 0.29) is 0 Å². The molecule has 0 radical (unpaired) electrons. The Morgan fingerprint density at radius 3 is 3.18 bits per heavy atom. The van der Waals surface area contributed by atoms with Crippen molar-refractivity contribution in [2.45, 2.75) is 6.92 Å². The molecule has 2 aliphatic heterocycles. The SMILES string of the molecule is Cc1cc2ccnc-2n(O)c1. The second-order valence-electron chi connectivity index (χ2n) is 2.59. The monoisotopic (exact) mass is 148 g/mol. The van der Waals surface area contributed by atoms with Crippen LogP contribution in [0, 0.1) is 6.92 Å². The lowest BCUT2D eigenvalue weighted by atomic mass is 10.2. The fourth-order valence-corrected chi connectivity index (χ4v) is 1.18. The lowest BCUT2D eigenvalue weighted by Crippen LogP contribution is -1.98. The molecule has 1 N–H and O–H groups in total. The average Bonchev–Trinajstić information content (AvgIpc) is 2.34. The molecule has 0 aliphatic carbocycles. The number of pyridine rings is 1. The highest BCUT2D eigenvalue weighted by Gasteiger charge is 2.06. The maximum Gasteiger partial charge on any atom is 0.175 e. The molecule has 11 heavy (non-hydrogen) atoms. The zero-order chi connectivity index (χ0) is 7.84. The molecule has 2 aliphatic rings. The molecule has 3 nitrogen and oxygen atoms in total. The first-order valence-corrected chi connectivity index (χ1v) is 3.40. The summed E-state index contributed by atoms with van der Waals surface area (Å²) in [6.45, 7) is 1.93. The van der Waals surface area contributed by atoms with Crippen molar-refractivity contribution in [3.63, 3.8) is 0 Å². The van der Waals surface area contributed by atoms with Gasteiger partial charge in [-0.1, -0.05) is 0 Å². The number of fused-ring (bicyclic) bond motifs is 1. The largest absolute Gasteiger partial charge is 0.427 e. The third-order valence-electron chi connectivity index (χ3n) is 1.64. The summed E-state index contributed by atoms with van der Waals surface area (Å²) in [5.41, 5.74) is 1.99. The van der Waals surface area contributed by atoms with Crippen molar-refractivity contribution in [3.8, 4) is 11.4 Å². The van der Waals surface area contributed by atoms with Gasteiger partial charge in [-0.3, -0.25) is 0 Å². The van der Waals surface area contributed by atoms with Gasteiger partial charge in [0, 0.05) is 18.0 Å². The molecular formula is C8H8N2O. The minimum atomic E-state index is 0.607. The highest BCUT2D eigenvalue weighted by atomic mass is 16.5. The van der Waals surface area contributed by atoms with Crippen molar-refractivity contribution in [3.05, 3.63) is 30.1 Å². The summed E-state index contributed by atoms with van der Waals surface area (Å²) in [5, 5.41) is 9.30. The molecule has 0 saturated carbocycles. The number of aromatic nitrogens is 2. The molecule has 2 rings (SSSR count). The fraction of sp³-hybridized carbons (Fsp3) is 0.125. The Bertz CT molecular complexity index is 353. The van der Waals surface area contributed by atoms with Crippen molar-refractivity contribution in [2.75, 3.05) is 0 Å². The van der Waals surface area contributed by atoms with E-state index in [0.717, 1.165) is 15.9 Å². The lowest BCUT2D eigenvalue weighted by Gasteiger charge is -2.04. The summed E-state index contributed by atoms with van der Waals surface area (Å²) >= 11 is 0. The van der Waals surface area contributed by atoms with Crippen molar-refractivity contribution in [2.24, 2.45) is 0 Å². The summed E-state index contributed by atoms with van der Waals surface area (Å²) in [5.74, 6) is 0.607. The van der Waals surface area contributed by atoms with Crippen LogP contribution in [-0.2, 0) is 0 Å². The van der Waals surface area contributed by atoms with Crippen LogP contribution in [0.4, 0.5) is 0 Å². The Labute approximate surface area is 64.2 Å². The Hall–Kier alpha value is -1.51. The third kappa shape index (κ3) is 0.852. The van der Waals surface area contributed by atoms with Crippen LogP contribution in [0.1, 0.15) is 5.56 Å². The van der Waals surface area contributed by atoms with Gasteiger partial charge in [0.1, 0.15) is 0 Å². The number of aryl methyl sites for hydroxylation is 1. The highest BCUT2D eigenvalue weighted by molar-refractivity contribution is 5.57. The summed E-state index contributed by atoms with van der Waals surface area (Å²) in [6, 6.07) is 3.85. The van der Waals surface area contributed by atoms with E-state index in [0.29, 0.717) is 5.82 Å². The van der Waals surface area contributed by atoms with E-state index in [1.807, 2.05) is 19.1 Å². The van der Waals surface area contributed by atoms with Crippen LogP contribution < -0.4 is 0 Å². The summed E-state index contributed by atoms with van der Waals surface area (Å²) in [4.78, 5) is 3.97. The quantitative estimate of drug-likeness (QED) is 0.575. The van der Waals surface area contributed by atoms with E-state index < -0.39 is 0 Å². The Morgan fingerprint density at radius 2 is 2.36 bits per heavy atom. The second kappa shape index (κ2) is 1.99. The smallest absolute Gasteiger partial charge is 0.175 e. The number of hydrogen-bond donors (Lipinski definition) is 1. The van der Waals surface area contributed by atoms with Gasteiger partial charge >= 0.3 is 0 Å². The van der Waals surface area contributed by atoms with Gasteiger partial charge in [-0.15, -0.1) is 0 Å². The third-order valence-corrected chi connectivity index (χ3v) is 1.64. The zero-order valence-corrected chi connectivity index (χ0v) is 6.15. The van der Waals surface area contributed by atoms with Crippen LogP contribution >= 0.6 is 0 Å². The van der Waals surface area contributed by atoms with Gasteiger partial charge in [-0.05, 0) is 24.6 Å². The van der Waals surface area contributed by atoms with Gasteiger partial charge in [0.15, 0.2) is 5.82 Å². The molecule has 0 bridgehead atoms. The first-order valence-electron chi connectivity index (χ1n) is 3.40. The second-order valence-corrected chi connectivity index (χ2v) is 2.59. The fourth-order valence-electron chi connectivity index (χ4n) is 1.18.